The minimum Gasteiger partial charge on any atom is -0.475 e. The van der Waals surface area contributed by atoms with Crippen molar-refractivity contribution in [3.63, 3.8) is 0 Å². The topological polar surface area (TPSA) is 87.1 Å². The van der Waals surface area contributed by atoms with Crippen LogP contribution in [-0.4, -0.2) is 33.1 Å². The molecule has 0 bridgehead atoms. The van der Waals surface area contributed by atoms with Crippen molar-refractivity contribution in [3.05, 3.63) is 17.1 Å². The zero-order valence-corrected chi connectivity index (χ0v) is 10.9. The molecule has 0 fully saturated rings. The highest BCUT2D eigenvalue weighted by Crippen LogP contribution is 2.22. The first-order chi connectivity index (χ1) is 8.37. The van der Waals surface area contributed by atoms with Crippen LogP contribution in [0.25, 0.3) is 0 Å². The van der Waals surface area contributed by atoms with Crippen LogP contribution < -0.4 is 10.6 Å². The minimum atomic E-state index is -1.09. The van der Waals surface area contributed by atoms with E-state index in [9.17, 15) is 4.79 Å². The minimum absolute atomic E-state index is 0.137. The third-order valence-electron chi connectivity index (χ3n) is 2.62. The van der Waals surface area contributed by atoms with E-state index >= 15 is 0 Å². The first-order valence-corrected chi connectivity index (χ1v) is 5.99. The van der Waals surface area contributed by atoms with Gasteiger partial charge in [0.1, 0.15) is 5.82 Å². The number of carbonyl (C=O) groups is 1. The molecule has 0 aliphatic carbocycles. The van der Waals surface area contributed by atoms with E-state index in [1.165, 1.54) is 0 Å². The number of nitrogens with one attached hydrogen (secondary N) is 2. The molecule has 0 aromatic carbocycles. The van der Waals surface area contributed by atoms with Crippen molar-refractivity contribution in [1.29, 1.82) is 0 Å². The molecule has 1 aliphatic heterocycles. The van der Waals surface area contributed by atoms with Gasteiger partial charge in [-0.05, 0) is 20.8 Å². The maximum atomic E-state index is 11.0. The molecule has 3 N–H and O–H groups in total. The zero-order chi connectivity index (χ0) is 13.3. The van der Waals surface area contributed by atoms with E-state index in [2.05, 4.69) is 20.6 Å². The van der Waals surface area contributed by atoms with Gasteiger partial charge in [0.15, 0.2) is 0 Å². The lowest BCUT2D eigenvalue weighted by Crippen LogP contribution is -2.32. The van der Waals surface area contributed by atoms with Gasteiger partial charge in [0.25, 0.3) is 0 Å². The quantitative estimate of drug-likeness (QED) is 0.726. The van der Waals surface area contributed by atoms with Gasteiger partial charge in [-0.2, -0.15) is 0 Å². The van der Waals surface area contributed by atoms with Gasteiger partial charge in [-0.15, -0.1) is 0 Å². The summed E-state index contributed by atoms with van der Waals surface area (Å²) in [5.41, 5.74) is 1.63. The monoisotopic (exact) mass is 250 g/mol. The summed E-state index contributed by atoms with van der Waals surface area (Å²) in [5, 5.41) is 15.5. The molecule has 18 heavy (non-hydrogen) atoms. The predicted octanol–water partition coefficient (Wildman–Crippen LogP) is 1.03. The SMILES string of the molecule is CC(C)(C)Nc1nc(C(=O)O)nc2c1CNCC2. The molecule has 1 aromatic heterocycles. The Morgan fingerprint density at radius 2 is 2.11 bits per heavy atom. The standard InChI is InChI=1S/C12H18N4O2/c1-12(2,3)16-9-7-6-13-5-4-8(7)14-10(15-9)11(17)18/h13H,4-6H2,1-3H3,(H,17,18)(H,14,15,16). The Balaban J connectivity index is 2.47. The molecule has 2 heterocycles. The second-order valence-electron chi connectivity index (χ2n) is 5.43. The molecular weight excluding hydrogens is 232 g/mol. The van der Waals surface area contributed by atoms with Crippen LogP contribution in [0.15, 0.2) is 0 Å². The smallest absolute Gasteiger partial charge is 0.374 e. The fourth-order valence-corrected chi connectivity index (χ4v) is 1.90. The average Bonchev–Trinajstić information content (AvgIpc) is 2.26. The lowest BCUT2D eigenvalue weighted by Gasteiger charge is -2.26. The summed E-state index contributed by atoms with van der Waals surface area (Å²) in [4.78, 5) is 19.3. The molecule has 98 valence electrons. The van der Waals surface area contributed by atoms with Crippen molar-refractivity contribution >= 4 is 11.8 Å². The van der Waals surface area contributed by atoms with Gasteiger partial charge in [0.2, 0.25) is 5.82 Å². The van der Waals surface area contributed by atoms with Crippen molar-refractivity contribution in [3.8, 4) is 0 Å². The molecule has 0 unspecified atom stereocenters. The highest BCUT2D eigenvalue weighted by atomic mass is 16.4. The lowest BCUT2D eigenvalue weighted by atomic mass is 10.0. The van der Waals surface area contributed by atoms with Gasteiger partial charge in [-0.1, -0.05) is 0 Å². The molecule has 1 aromatic rings. The molecule has 2 rings (SSSR count). The third-order valence-corrected chi connectivity index (χ3v) is 2.62. The average molecular weight is 250 g/mol. The van der Waals surface area contributed by atoms with Gasteiger partial charge in [0, 0.05) is 30.6 Å². The Hall–Kier alpha value is -1.69. The van der Waals surface area contributed by atoms with Crippen molar-refractivity contribution < 1.29 is 9.90 Å². The van der Waals surface area contributed by atoms with Crippen LogP contribution in [0.2, 0.25) is 0 Å². The normalized spacial score (nSPS) is 15.1. The van der Waals surface area contributed by atoms with Gasteiger partial charge < -0.3 is 15.7 Å². The second kappa shape index (κ2) is 4.53. The number of carboxylic acid groups (broad SMARTS) is 1. The van der Waals surface area contributed by atoms with Crippen LogP contribution in [0.3, 0.4) is 0 Å². The van der Waals surface area contributed by atoms with E-state index in [0.29, 0.717) is 12.4 Å². The fourth-order valence-electron chi connectivity index (χ4n) is 1.90. The number of rotatable bonds is 2. The van der Waals surface area contributed by atoms with E-state index in [4.69, 9.17) is 5.11 Å². The van der Waals surface area contributed by atoms with E-state index in [1.807, 2.05) is 20.8 Å². The molecule has 6 heteroatoms. The summed E-state index contributed by atoms with van der Waals surface area (Å²) in [7, 11) is 0. The largest absolute Gasteiger partial charge is 0.475 e. The fraction of sp³-hybridized carbons (Fsp3) is 0.583. The van der Waals surface area contributed by atoms with Gasteiger partial charge in [0.05, 0.1) is 5.69 Å². The van der Waals surface area contributed by atoms with Crippen molar-refractivity contribution in [2.24, 2.45) is 0 Å². The van der Waals surface area contributed by atoms with E-state index in [-0.39, 0.29) is 11.4 Å². The molecule has 1 aliphatic rings. The summed E-state index contributed by atoms with van der Waals surface area (Å²) in [6.07, 6.45) is 0.733. The number of fused-ring (bicyclic) bond motifs is 1. The third kappa shape index (κ3) is 2.76. The Labute approximate surface area is 106 Å². The first kappa shape index (κ1) is 12.8. The van der Waals surface area contributed by atoms with Gasteiger partial charge in [-0.3, -0.25) is 0 Å². The summed E-state index contributed by atoms with van der Waals surface area (Å²) >= 11 is 0. The Morgan fingerprint density at radius 3 is 2.72 bits per heavy atom. The van der Waals surface area contributed by atoms with Crippen LogP contribution in [0, 0.1) is 0 Å². The number of anilines is 1. The Morgan fingerprint density at radius 1 is 1.39 bits per heavy atom. The Bertz CT molecular complexity index is 480. The molecule has 0 spiro atoms. The summed E-state index contributed by atoms with van der Waals surface area (Å²) in [5.74, 6) is -0.604. The van der Waals surface area contributed by atoms with Crippen LogP contribution in [0.5, 0.6) is 0 Å². The number of hydrogen-bond acceptors (Lipinski definition) is 5. The zero-order valence-electron chi connectivity index (χ0n) is 10.9. The van der Waals surface area contributed by atoms with E-state index < -0.39 is 5.97 Å². The maximum absolute atomic E-state index is 11.0. The van der Waals surface area contributed by atoms with Crippen LogP contribution in [-0.2, 0) is 13.0 Å². The molecule has 0 amide bonds. The molecule has 0 atom stereocenters. The van der Waals surface area contributed by atoms with Crippen LogP contribution >= 0.6 is 0 Å². The maximum Gasteiger partial charge on any atom is 0.374 e. The highest BCUT2D eigenvalue weighted by Gasteiger charge is 2.22. The number of aromatic carboxylic acids is 1. The van der Waals surface area contributed by atoms with Crippen LogP contribution in [0.4, 0.5) is 5.82 Å². The highest BCUT2D eigenvalue weighted by molar-refractivity contribution is 5.84. The van der Waals surface area contributed by atoms with Crippen molar-refractivity contribution in [2.75, 3.05) is 11.9 Å². The van der Waals surface area contributed by atoms with E-state index in [1.54, 1.807) is 0 Å². The van der Waals surface area contributed by atoms with Crippen molar-refractivity contribution in [1.82, 2.24) is 15.3 Å². The summed E-state index contributed by atoms with van der Waals surface area (Å²) in [6, 6.07) is 0. The predicted molar refractivity (Wildman–Crippen MR) is 67.8 cm³/mol. The second-order valence-corrected chi connectivity index (χ2v) is 5.43. The number of carboxylic acids is 1. The number of aromatic nitrogens is 2. The Kier molecular flexibility index (Phi) is 3.21. The molecule has 6 nitrogen and oxygen atoms in total. The molecular formula is C12H18N4O2. The van der Waals surface area contributed by atoms with E-state index in [0.717, 1.165) is 24.2 Å². The number of nitrogens with zero attached hydrogens (tertiary/aromatic N) is 2. The van der Waals surface area contributed by atoms with Crippen molar-refractivity contribution in [2.45, 2.75) is 39.3 Å². The van der Waals surface area contributed by atoms with Gasteiger partial charge >= 0.3 is 5.97 Å². The van der Waals surface area contributed by atoms with Crippen LogP contribution in [0.1, 0.15) is 42.6 Å². The molecule has 0 radical (unpaired) electrons. The summed E-state index contributed by atoms with van der Waals surface area (Å²) < 4.78 is 0. The summed E-state index contributed by atoms with van der Waals surface area (Å²) in [6.45, 7) is 7.53. The molecule has 0 saturated carbocycles. The number of hydrogen-bond donors (Lipinski definition) is 3. The lowest BCUT2D eigenvalue weighted by molar-refractivity contribution is 0.0683. The van der Waals surface area contributed by atoms with Gasteiger partial charge in [-0.25, -0.2) is 14.8 Å². The first-order valence-electron chi connectivity index (χ1n) is 5.99. The molecule has 0 saturated heterocycles.